The number of rotatable bonds is 5. The van der Waals surface area contributed by atoms with Crippen molar-refractivity contribution in [2.24, 2.45) is 17.8 Å². The number of hydrogen-bond acceptors (Lipinski definition) is 2. The summed E-state index contributed by atoms with van der Waals surface area (Å²) >= 11 is 0. The molecule has 0 saturated heterocycles. The maximum Gasteiger partial charge on any atom is 0.222 e. The molecular weight excluding hydrogens is 226 g/mol. The molecule has 0 radical (unpaired) electrons. The minimum absolute atomic E-state index is 0.233. The molecule has 104 valence electrons. The van der Waals surface area contributed by atoms with Crippen molar-refractivity contribution in [2.45, 2.75) is 58.5 Å². The van der Waals surface area contributed by atoms with Gasteiger partial charge in [-0.3, -0.25) is 4.79 Å². The van der Waals surface area contributed by atoms with Crippen LogP contribution < -0.4 is 0 Å². The molecule has 3 unspecified atom stereocenters. The van der Waals surface area contributed by atoms with Gasteiger partial charge in [0, 0.05) is 19.5 Å². The fourth-order valence-corrected chi connectivity index (χ4v) is 3.82. The number of hydrogen-bond donors (Lipinski definition) is 1. The topological polar surface area (TPSA) is 40.5 Å². The van der Waals surface area contributed by atoms with E-state index in [2.05, 4.69) is 0 Å². The van der Waals surface area contributed by atoms with Crippen molar-refractivity contribution < 1.29 is 9.90 Å². The third-order valence-electron chi connectivity index (χ3n) is 4.63. The van der Waals surface area contributed by atoms with Gasteiger partial charge >= 0.3 is 0 Å². The van der Waals surface area contributed by atoms with E-state index in [0.717, 1.165) is 11.8 Å². The van der Waals surface area contributed by atoms with Gasteiger partial charge in [-0.15, -0.1) is 0 Å². The molecule has 2 saturated carbocycles. The van der Waals surface area contributed by atoms with Crippen molar-refractivity contribution in [3.8, 4) is 0 Å². The number of fused-ring (bicyclic) bond motifs is 2. The highest BCUT2D eigenvalue weighted by atomic mass is 16.3. The van der Waals surface area contributed by atoms with Crippen molar-refractivity contribution in [1.82, 2.24) is 4.90 Å². The summed E-state index contributed by atoms with van der Waals surface area (Å²) in [6, 6.07) is 0. The first-order valence-corrected chi connectivity index (χ1v) is 7.39. The van der Waals surface area contributed by atoms with Crippen LogP contribution in [-0.4, -0.2) is 34.6 Å². The molecule has 3 nitrogen and oxygen atoms in total. The number of amides is 1. The van der Waals surface area contributed by atoms with Gasteiger partial charge in [-0.2, -0.15) is 0 Å². The minimum atomic E-state index is -0.791. The van der Waals surface area contributed by atoms with E-state index < -0.39 is 5.60 Å². The molecule has 2 aliphatic carbocycles. The second-order valence-corrected chi connectivity index (χ2v) is 6.86. The summed E-state index contributed by atoms with van der Waals surface area (Å²) in [4.78, 5) is 14.1. The van der Waals surface area contributed by atoms with Gasteiger partial charge in [0.05, 0.1) is 5.60 Å². The SMILES string of the molecule is CCN(CC(C)(C)O)C(=O)CC1CC2CCC1C2. The normalized spacial score (nSPS) is 30.8. The summed E-state index contributed by atoms with van der Waals surface area (Å²) in [6.07, 6.45) is 6.04. The molecule has 1 N–H and O–H groups in total. The number of likely N-dealkylation sites (N-methyl/N-ethyl adjacent to an activating group) is 1. The first-order chi connectivity index (χ1) is 8.39. The highest BCUT2D eigenvalue weighted by molar-refractivity contribution is 5.76. The minimum Gasteiger partial charge on any atom is -0.389 e. The Hall–Kier alpha value is -0.570. The molecule has 0 aromatic heterocycles. The molecule has 2 aliphatic rings. The molecule has 0 aromatic rings. The molecule has 3 atom stereocenters. The van der Waals surface area contributed by atoms with E-state index in [-0.39, 0.29) is 5.91 Å². The average Bonchev–Trinajstić information content (AvgIpc) is 2.86. The number of carbonyl (C=O) groups excluding carboxylic acids is 1. The molecule has 0 spiro atoms. The first-order valence-electron chi connectivity index (χ1n) is 7.39. The zero-order chi connectivity index (χ0) is 13.3. The molecule has 0 aromatic carbocycles. The Kier molecular flexibility index (Phi) is 4.00. The van der Waals surface area contributed by atoms with Gasteiger partial charge in [-0.1, -0.05) is 6.42 Å². The Labute approximate surface area is 111 Å². The predicted octanol–water partition coefficient (Wildman–Crippen LogP) is 2.43. The van der Waals surface area contributed by atoms with Crippen molar-refractivity contribution in [2.75, 3.05) is 13.1 Å². The lowest BCUT2D eigenvalue weighted by Crippen LogP contribution is -2.42. The van der Waals surface area contributed by atoms with Crippen molar-refractivity contribution >= 4 is 5.91 Å². The van der Waals surface area contributed by atoms with Gasteiger partial charge in [0.1, 0.15) is 0 Å². The van der Waals surface area contributed by atoms with Gasteiger partial charge in [0.25, 0.3) is 0 Å². The lowest BCUT2D eigenvalue weighted by molar-refractivity contribution is -0.135. The van der Waals surface area contributed by atoms with Gasteiger partial charge in [-0.25, -0.2) is 0 Å². The molecule has 1 amide bonds. The molecule has 2 fully saturated rings. The summed E-state index contributed by atoms with van der Waals surface area (Å²) < 4.78 is 0. The van der Waals surface area contributed by atoms with E-state index in [1.807, 2.05) is 11.8 Å². The van der Waals surface area contributed by atoms with Crippen LogP contribution in [0.1, 0.15) is 52.9 Å². The van der Waals surface area contributed by atoms with Crippen LogP contribution in [-0.2, 0) is 4.79 Å². The Bertz CT molecular complexity index is 308. The summed E-state index contributed by atoms with van der Waals surface area (Å²) in [7, 11) is 0. The molecule has 0 heterocycles. The van der Waals surface area contributed by atoms with Crippen LogP contribution >= 0.6 is 0 Å². The molecule has 2 rings (SSSR count). The lowest BCUT2D eigenvalue weighted by atomic mass is 9.86. The Morgan fingerprint density at radius 2 is 2.06 bits per heavy atom. The van der Waals surface area contributed by atoms with Gasteiger partial charge in [-0.05, 0) is 57.8 Å². The van der Waals surface area contributed by atoms with Crippen LogP contribution in [0.15, 0.2) is 0 Å². The Balaban J connectivity index is 1.86. The molecule has 3 heteroatoms. The van der Waals surface area contributed by atoms with E-state index in [0.29, 0.717) is 25.4 Å². The largest absolute Gasteiger partial charge is 0.389 e. The molecule has 2 bridgehead atoms. The van der Waals surface area contributed by atoms with Crippen LogP contribution in [0.3, 0.4) is 0 Å². The molecule has 18 heavy (non-hydrogen) atoms. The highest BCUT2D eigenvalue weighted by Gasteiger charge is 2.40. The van der Waals surface area contributed by atoms with Crippen LogP contribution in [0, 0.1) is 17.8 Å². The highest BCUT2D eigenvalue weighted by Crippen LogP contribution is 2.49. The third kappa shape index (κ3) is 3.25. The van der Waals surface area contributed by atoms with Crippen LogP contribution in [0.2, 0.25) is 0 Å². The number of carbonyl (C=O) groups is 1. The average molecular weight is 253 g/mol. The van der Waals surface area contributed by atoms with Crippen LogP contribution in [0.5, 0.6) is 0 Å². The quantitative estimate of drug-likeness (QED) is 0.817. The zero-order valence-corrected chi connectivity index (χ0v) is 12.0. The van der Waals surface area contributed by atoms with Gasteiger partial charge < -0.3 is 10.0 Å². The van der Waals surface area contributed by atoms with E-state index in [9.17, 15) is 9.90 Å². The first kappa shape index (κ1) is 13.9. The van der Waals surface area contributed by atoms with Crippen molar-refractivity contribution in [1.29, 1.82) is 0 Å². The number of nitrogens with zero attached hydrogens (tertiary/aromatic N) is 1. The Morgan fingerprint density at radius 1 is 1.33 bits per heavy atom. The second-order valence-electron chi connectivity index (χ2n) is 6.86. The summed E-state index contributed by atoms with van der Waals surface area (Å²) in [5, 5.41) is 9.84. The summed E-state index contributed by atoms with van der Waals surface area (Å²) in [6.45, 7) is 6.66. The summed E-state index contributed by atoms with van der Waals surface area (Å²) in [5.41, 5.74) is -0.791. The van der Waals surface area contributed by atoms with E-state index in [4.69, 9.17) is 0 Å². The summed E-state index contributed by atoms with van der Waals surface area (Å²) in [5.74, 6) is 2.56. The standard InChI is InChI=1S/C15H27NO2/c1-4-16(10-15(2,3)18)14(17)9-13-8-11-5-6-12(13)7-11/h11-13,18H,4-10H2,1-3H3. The second kappa shape index (κ2) is 5.20. The van der Waals surface area contributed by atoms with Crippen LogP contribution in [0.4, 0.5) is 0 Å². The van der Waals surface area contributed by atoms with Crippen LogP contribution in [0.25, 0.3) is 0 Å². The maximum atomic E-state index is 12.3. The van der Waals surface area contributed by atoms with Crippen molar-refractivity contribution in [3.63, 3.8) is 0 Å². The monoisotopic (exact) mass is 253 g/mol. The smallest absolute Gasteiger partial charge is 0.222 e. The van der Waals surface area contributed by atoms with E-state index in [1.54, 1.807) is 13.8 Å². The van der Waals surface area contributed by atoms with E-state index in [1.165, 1.54) is 25.7 Å². The van der Waals surface area contributed by atoms with Gasteiger partial charge in [0.15, 0.2) is 0 Å². The van der Waals surface area contributed by atoms with Gasteiger partial charge in [0.2, 0.25) is 5.91 Å². The maximum absolute atomic E-state index is 12.3. The number of aliphatic hydroxyl groups is 1. The fourth-order valence-electron chi connectivity index (χ4n) is 3.82. The Morgan fingerprint density at radius 3 is 2.50 bits per heavy atom. The van der Waals surface area contributed by atoms with Crippen molar-refractivity contribution in [3.05, 3.63) is 0 Å². The third-order valence-corrected chi connectivity index (χ3v) is 4.63. The van der Waals surface area contributed by atoms with E-state index >= 15 is 0 Å². The predicted molar refractivity (Wildman–Crippen MR) is 72.1 cm³/mol. The lowest BCUT2D eigenvalue weighted by Gasteiger charge is -2.30. The molecule has 0 aliphatic heterocycles. The zero-order valence-electron chi connectivity index (χ0n) is 12.0. The molecular formula is C15H27NO2. The fraction of sp³-hybridized carbons (Fsp3) is 0.933.